The molecule has 4 rings (SSSR count). The van der Waals surface area contributed by atoms with Gasteiger partial charge in [-0.3, -0.25) is 14.9 Å². The molecule has 0 aliphatic heterocycles. The number of benzene rings is 3. The van der Waals surface area contributed by atoms with Gasteiger partial charge in [0, 0.05) is 10.6 Å². The molecule has 0 unspecified atom stereocenters. The van der Waals surface area contributed by atoms with Gasteiger partial charge in [-0.1, -0.05) is 47.2 Å². The van der Waals surface area contributed by atoms with E-state index in [1.807, 2.05) is 32.0 Å². The number of nitrogens with one attached hydrogen (secondary N) is 2. The van der Waals surface area contributed by atoms with Crippen molar-refractivity contribution in [2.75, 3.05) is 10.6 Å². The number of aryl methyl sites for hydroxylation is 2. The van der Waals surface area contributed by atoms with Crippen molar-refractivity contribution in [1.29, 1.82) is 0 Å². The Morgan fingerprint density at radius 1 is 0.933 bits per heavy atom. The number of halogens is 1. The summed E-state index contributed by atoms with van der Waals surface area (Å²) in [6.07, 6.45) is 0. The summed E-state index contributed by atoms with van der Waals surface area (Å²) in [6.45, 7) is 3.88. The highest BCUT2D eigenvalue weighted by Crippen LogP contribution is 2.28. The third-order valence-electron chi connectivity index (χ3n) is 4.62. The Bertz CT molecular complexity index is 1280. The minimum Gasteiger partial charge on any atom is -0.321 e. The van der Waals surface area contributed by atoms with Gasteiger partial charge in [-0.05, 0) is 61.4 Å². The van der Waals surface area contributed by atoms with E-state index in [0.717, 1.165) is 21.3 Å². The average molecular weight is 436 g/mol. The van der Waals surface area contributed by atoms with Crippen molar-refractivity contribution in [3.63, 3.8) is 0 Å². The number of para-hydroxylation sites is 1. The summed E-state index contributed by atoms with van der Waals surface area (Å²) in [5.41, 5.74) is 4.03. The molecule has 0 spiro atoms. The summed E-state index contributed by atoms with van der Waals surface area (Å²) in [4.78, 5) is 30.0. The molecule has 0 aliphatic carbocycles. The van der Waals surface area contributed by atoms with E-state index in [0.29, 0.717) is 27.0 Å². The lowest BCUT2D eigenvalue weighted by molar-refractivity contribution is 0.102. The van der Waals surface area contributed by atoms with Crippen LogP contribution in [0.2, 0.25) is 5.02 Å². The third-order valence-corrected chi connectivity index (χ3v) is 5.96. The molecular formula is C23H18ClN3O2S. The van der Waals surface area contributed by atoms with Crippen LogP contribution in [-0.4, -0.2) is 16.8 Å². The smallest absolute Gasteiger partial charge is 0.259 e. The maximum Gasteiger partial charge on any atom is 0.259 e. The first-order valence-electron chi connectivity index (χ1n) is 9.26. The summed E-state index contributed by atoms with van der Waals surface area (Å²) < 4.78 is 1.00. The van der Waals surface area contributed by atoms with Crippen LogP contribution < -0.4 is 10.6 Å². The van der Waals surface area contributed by atoms with E-state index in [9.17, 15) is 9.59 Å². The van der Waals surface area contributed by atoms with E-state index in [4.69, 9.17) is 11.6 Å². The second-order valence-corrected chi connectivity index (χ2v) is 8.35. The number of fused-ring (bicyclic) bond motifs is 1. The molecule has 3 aromatic carbocycles. The highest BCUT2D eigenvalue weighted by molar-refractivity contribution is 7.22. The van der Waals surface area contributed by atoms with Crippen LogP contribution in [-0.2, 0) is 0 Å². The zero-order chi connectivity index (χ0) is 21.3. The van der Waals surface area contributed by atoms with E-state index < -0.39 is 0 Å². The Morgan fingerprint density at radius 3 is 2.53 bits per heavy atom. The van der Waals surface area contributed by atoms with Gasteiger partial charge in [0.15, 0.2) is 5.13 Å². The third kappa shape index (κ3) is 4.20. The van der Waals surface area contributed by atoms with Crippen molar-refractivity contribution in [3.8, 4) is 0 Å². The first-order chi connectivity index (χ1) is 14.4. The summed E-state index contributed by atoms with van der Waals surface area (Å²) >= 11 is 7.54. The number of aromatic nitrogens is 1. The van der Waals surface area contributed by atoms with Crippen molar-refractivity contribution in [3.05, 3.63) is 87.9 Å². The van der Waals surface area contributed by atoms with Crippen LogP contribution in [0.1, 0.15) is 31.8 Å². The Kier molecular flexibility index (Phi) is 5.53. The highest BCUT2D eigenvalue weighted by atomic mass is 35.5. The number of carbonyl (C=O) groups is 2. The number of hydrogen-bond donors (Lipinski definition) is 2. The molecule has 1 heterocycles. The van der Waals surface area contributed by atoms with Gasteiger partial charge in [-0.2, -0.15) is 0 Å². The molecule has 7 heteroatoms. The van der Waals surface area contributed by atoms with Crippen LogP contribution in [0, 0.1) is 13.8 Å². The molecule has 1 aromatic heterocycles. The highest BCUT2D eigenvalue weighted by Gasteiger charge is 2.16. The summed E-state index contributed by atoms with van der Waals surface area (Å²) in [6, 6.07) is 17.9. The Morgan fingerprint density at radius 2 is 1.73 bits per heavy atom. The fraction of sp³-hybridized carbons (Fsp3) is 0.0870. The van der Waals surface area contributed by atoms with Crippen LogP contribution in [0.4, 0.5) is 10.8 Å². The number of rotatable bonds is 4. The minimum absolute atomic E-state index is 0.340. The van der Waals surface area contributed by atoms with E-state index in [1.54, 1.807) is 42.5 Å². The monoisotopic (exact) mass is 435 g/mol. The van der Waals surface area contributed by atoms with Crippen molar-refractivity contribution in [2.24, 2.45) is 0 Å². The lowest BCUT2D eigenvalue weighted by Crippen LogP contribution is -2.18. The summed E-state index contributed by atoms with van der Waals surface area (Å²) in [5, 5.41) is 6.65. The van der Waals surface area contributed by atoms with Crippen LogP contribution in [0.5, 0.6) is 0 Å². The molecule has 0 atom stereocenters. The topological polar surface area (TPSA) is 71.1 Å². The molecule has 150 valence electrons. The second-order valence-electron chi connectivity index (χ2n) is 6.91. The van der Waals surface area contributed by atoms with Crippen LogP contribution in [0.15, 0.2) is 60.7 Å². The van der Waals surface area contributed by atoms with Gasteiger partial charge in [0.05, 0.1) is 21.5 Å². The maximum absolute atomic E-state index is 12.9. The lowest BCUT2D eigenvalue weighted by Gasteiger charge is -2.11. The average Bonchev–Trinajstić information content (AvgIpc) is 3.11. The minimum atomic E-state index is -0.344. The standard InChI is InChI=1S/C23H18ClN3O2S/c1-13-7-10-19-20(11-13)30-23(26-19)27-22(29)16-5-3-4-6-18(16)25-21(28)15-9-8-14(2)17(24)12-15/h3-12H,1-2H3,(H,25,28)(H,26,27,29). The molecule has 4 aromatic rings. The molecule has 0 aliphatic rings. The molecule has 0 bridgehead atoms. The Labute approximate surface area is 182 Å². The number of thiazole rings is 1. The molecular weight excluding hydrogens is 418 g/mol. The molecule has 30 heavy (non-hydrogen) atoms. The van der Waals surface area contributed by atoms with Crippen molar-refractivity contribution in [2.45, 2.75) is 13.8 Å². The zero-order valence-electron chi connectivity index (χ0n) is 16.3. The summed E-state index contributed by atoms with van der Waals surface area (Å²) in [7, 11) is 0. The molecule has 0 fully saturated rings. The first-order valence-corrected chi connectivity index (χ1v) is 10.5. The second kappa shape index (κ2) is 8.26. The quantitative estimate of drug-likeness (QED) is 0.408. The van der Waals surface area contributed by atoms with Gasteiger partial charge in [0.1, 0.15) is 0 Å². The van der Waals surface area contributed by atoms with E-state index >= 15 is 0 Å². The number of nitrogens with zero attached hydrogens (tertiary/aromatic N) is 1. The van der Waals surface area contributed by atoms with E-state index in [2.05, 4.69) is 15.6 Å². The maximum atomic E-state index is 12.9. The normalized spacial score (nSPS) is 10.8. The molecule has 0 saturated carbocycles. The molecule has 0 radical (unpaired) electrons. The predicted octanol–water partition coefficient (Wildman–Crippen LogP) is 6.07. The molecule has 2 amide bonds. The lowest BCUT2D eigenvalue weighted by atomic mass is 10.1. The van der Waals surface area contributed by atoms with E-state index in [1.165, 1.54) is 11.3 Å². The van der Waals surface area contributed by atoms with Gasteiger partial charge >= 0.3 is 0 Å². The van der Waals surface area contributed by atoms with Gasteiger partial charge in [-0.25, -0.2) is 4.98 Å². The number of carbonyl (C=O) groups excluding carboxylic acids is 2. The molecule has 5 nitrogen and oxygen atoms in total. The first kappa shape index (κ1) is 20.1. The molecule has 2 N–H and O–H groups in total. The fourth-order valence-corrected chi connectivity index (χ4v) is 4.11. The van der Waals surface area contributed by atoms with Crippen LogP contribution in [0.25, 0.3) is 10.2 Å². The van der Waals surface area contributed by atoms with Crippen LogP contribution >= 0.6 is 22.9 Å². The SMILES string of the molecule is Cc1ccc2nc(NC(=O)c3ccccc3NC(=O)c3ccc(C)c(Cl)c3)sc2c1. The van der Waals surface area contributed by atoms with Crippen molar-refractivity contribution in [1.82, 2.24) is 4.98 Å². The number of amides is 2. The molecule has 0 saturated heterocycles. The van der Waals surface area contributed by atoms with Crippen molar-refractivity contribution < 1.29 is 9.59 Å². The largest absolute Gasteiger partial charge is 0.321 e. The summed E-state index contributed by atoms with van der Waals surface area (Å²) in [5.74, 6) is -0.684. The number of anilines is 2. The van der Waals surface area contributed by atoms with Gasteiger partial charge in [0.25, 0.3) is 11.8 Å². The van der Waals surface area contributed by atoms with Crippen LogP contribution in [0.3, 0.4) is 0 Å². The fourth-order valence-electron chi connectivity index (χ4n) is 2.97. The van der Waals surface area contributed by atoms with Gasteiger partial charge in [-0.15, -0.1) is 0 Å². The van der Waals surface area contributed by atoms with Crippen molar-refractivity contribution >= 4 is 55.8 Å². The van der Waals surface area contributed by atoms with Gasteiger partial charge in [0.2, 0.25) is 0 Å². The predicted molar refractivity (Wildman–Crippen MR) is 123 cm³/mol. The Hall–Kier alpha value is -3.22. The Balaban J connectivity index is 1.56. The zero-order valence-corrected chi connectivity index (χ0v) is 17.9. The van der Waals surface area contributed by atoms with Gasteiger partial charge < -0.3 is 5.32 Å². The number of hydrogen-bond acceptors (Lipinski definition) is 4. The van der Waals surface area contributed by atoms with E-state index in [-0.39, 0.29) is 11.8 Å².